The number of carbonyl (C=O) groups excluding carboxylic acids is 1. The van der Waals surface area contributed by atoms with Crippen molar-refractivity contribution < 1.29 is 14.6 Å². The van der Waals surface area contributed by atoms with E-state index in [9.17, 15) is 9.90 Å². The monoisotopic (exact) mass is 185 g/mol. The van der Waals surface area contributed by atoms with E-state index in [-0.39, 0.29) is 17.9 Å². The lowest BCUT2D eigenvalue weighted by molar-refractivity contribution is -0.134. The first-order chi connectivity index (χ1) is 6.20. The van der Waals surface area contributed by atoms with Crippen molar-refractivity contribution in [3.63, 3.8) is 0 Å². The lowest BCUT2D eigenvalue weighted by atomic mass is 10.2. The Kier molecular flexibility index (Phi) is 2.26. The summed E-state index contributed by atoms with van der Waals surface area (Å²) in [6, 6.07) is -0.131. The van der Waals surface area contributed by atoms with Crippen LogP contribution in [0.3, 0.4) is 0 Å². The Morgan fingerprint density at radius 3 is 2.62 bits per heavy atom. The number of ether oxygens (including phenoxy) is 1. The number of likely N-dealkylation sites (N-methyl/N-ethyl adjacent to an activating group) is 1. The van der Waals surface area contributed by atoms with E-state index in [1.165, 1.54) is 0 Å². The summed E-state index contributed by atoms with van der Waals surface area (Å²) in [6.07, 6.45) is 1.51. The summed E-state index contributed by atoms with van der Waals surface area (Å²) >= 11 is 0. The van der Waals surface area contributed by atoms with Gasteiger partial charge in [0.2, 0.25) is 5.91 Å². The molecule has 0 spiro atoms. The van der Waals surface area contributed by atoms with Crippen molar-refractivity contribution in [1.82, 2.24) is 4.90 Å². The average molecular weight is 185 g/mol. The van der Waals surface area contributed by atoms with E-state index in [0.29, 0.717) is 13.2 Å². The zero-order chi connectivity index (χ0) is 9.42. The minimum atomic E-state index is -0.507. The van der Waals surface area contributed by atoms with Crippen molar-refractivity contribution >= 4 is 5.91 Å². The summed E-state index contributed by atoms with van der Waals surface area (Å²) in [5.74, 6) is 0.382. The number of amides is 1. The SMILES string of the molecule is CN(C(=O)C1CC1)C1COCC1O. The Balaban J connectivity index is 1.94. The average Bonchev–Trinajstić information content (AvgIpc) is 2.87. The van der Waals surface area contributed by atoms with Crippen LogP contribution in [0, 0.1) is 5.92 Å². The van der Waals surface area contributed by atoms with Crippen LogP contribution in [-0.2, 0) is 9.53 Å². The lowest BCUT2D eigenvalue weighted by Gasteiger charge is -2.25. The molecule has 1 amide bonds. The van der Waals surface area contributed by atoms with Crippen LogP contribution < -0.4 is 0 Å². The maximum atomic E-state index is 11.6. The van der Waals surface area contributed by atoms with E-state index in [2.05, 4.69) is 0 Å². The van der Waals surface area contributed by atoms with Crippen LogP contribution in [0.5, 0.6) is 0 Å². The Labute approximate surface area is 77.5 Å². The van der Waals surface area contributed by atoms with Gasteiger partial charge in [0.15, 0.2) is 0 Å². The molecule has 4 heteroatoms. The molecule has 1 saturated heterocycles. The quantitative estimate of drug-likeness (QED) is 0.637. The number of hydrogen-bond acceptors (Lipinski definition) is 3. The predicted octanol–water partition coefficient (Wildman–Crippen LogP) is -0.386. The number of carbonyl (C=O) groups is 1. The normalized spacial score (nSPS) is 33.4. The summed E-state index contributed by atoms with van der Waals surface area (Å²) in [5.41, 5.74) is 0. The van der Waals surface area contributed by atoms with Gasteiger partial charge in [-0.15, -0.1) is 0 Å². The van der Waals surface area contributed by atoms with Gasteiger partial charge in [0.25, 0.3) is 0 Å². The van der Waals surface area contributed by atoms with Gasteiger partial charge >= 0.3 is 0 Å². The Hall–Kier alpha value is -0.610. The largest absolute Gasteiger partial charge is 0.388 e. The summed E-state index contributed by atoms with van der Waals surface area (Å²) in [5, 5.41) is 9.49. The highest BCUT2D eigenvalue weighted by atomic mass is 16.5. The molecule has 2 unspecified atom stereocenters. The molecule has 1 saturated carbocycles. The van der Waals surface area contributed by atoms with E-state index in [4.69, 9.17) is 4.74 Å². The molecular weight excluding hydrogens is 170 g/mol. The molecule has 2 atom stereocenters. The highest BCUT2D eigenvalue weighted by Gasteiger charge is 2.38. The van der Waals surface area contributed by atoms with Crippen LogP contribution in [0.2, 0.25) is 0 Å². The highest BCUT2D eigenvalue weighted by molar-refractivity contribution is 5.81. The van der Waals surface area contributed by atoms with Crippen molar-refractivity contribution in [3.8, 4) is 0 Å². The van der Waals surface area contributed by atoms with Gasteiger partial charge in [-0.25, -0.2) is 0 Å². The van der Waals surface area contributed by atoms with E-state index in [0.717, 1.165) is 12.8 Å². The molecule has 1 N–H and O–H groups in total. The summed E-state index contributed by atoms with van der Waals surface area (Å²) in [4.78, 5) is 13.2. The number of aliphatic hydroxyl groups is 1. The number of nitrogens with zero attached hydrogens (tertiary/aromatic N) is 1. The fourth-order valence-corrected chi connectivity index (χ4v) is 1.68. The second-order valence-electron chi connectivity index (χ2n) is 3.90. The first kappa shape index (κ1) is 8.97. The zero-order valence-corrected chi connectivity index (χ0v) is 7.77. The second kappa shape index (κ2) is 3.27. The molecule has 13 heavy (non-hydrogen) atoms. The molecule has 2 rings (SSSR count). The third kappa shape index (κ3) is 1.69. The third-order valence-electron chi connectivity index (χ3n) is 2.79. The molecule has 0 aromatic heterocycles. The molecule has 2 aliphatic rings. The topological polar surface area (TPSA) is 49.8 Å². The van der Waals surface area contributed by atoms with E-state index in [1.54, 1.807) is 11.9 Å². The minimum absolute atomic E-state index is 0.131. The zero-order valence-electron chi connectivity index (χ0n) is 7.77. The van der Waals surface area contributed by atoms with Gasteiger partial charge in [-0.05, 0) is 12.8 Å². The lowest BCUT2D eigenvalue weighted by Crippen LogP contribution is -2.44. The fourth-order valence-electron chi connectivity index (χ4n) is 1.68. The molecule has 0 aromatic rings. The first-order valence-electron chi connectivity index (χ1n) is 4.72. The van der Waals surface area contributed by atoms with Gasteiger partial charge in [-0.1, -0.05) is 0 Å². The van der Waals surface area contributed by atoms with Gasteiger partial charge in [0.1, 0.15) is 0 Å². The van der Waals surface area contributed by atoms with Gasteiger partial charge in [-0.3, -0.25) is 4.79 Å². The Morgan fingerprint density at radius 1 is 1.46 bits per heavy atom. The summed E-state index contributed by atoms with van der Waals surface area (Å²) in [7, 11) is 1.75. The molecule has 0 aromatic carbocycles. The van der Waals surface area contributed by atoms with Crippen molar-refractivity contribution in [1.29, 1.82) is 0 Å². The Morgan fingerprint density at radius 2 is 2.15 bits per heavy atom. The number of aliphatic hydroxyl groups excluding tert-OH is 1. The van der Waals surface area contributed by atoms with Crippen LogP contribution >= 0.6 is 0 Å². The van der Waals surface area contributed by atoms with Gasteiger partial charge in [-0.2, -0.15) is 0 Å². The molecule has 74 valence electrons. The Bertz CT molecular complexity index is 215. The van der Waals surface area contributed by atoms with E-state index < -0.39 is 6.10 Å². The fraction of sp³-hybridized carbons (Fsp3) is 0.889. The standard InChI is InChI=1S/C9H15NO3/c1-10(9(12)6-2-3-6)7-4-13-5-8(7)11/h6-8,11H,2-5H2,1H3. The molecule has 0 bridgehead atoms. The first-order valence-corrected chi connectivity index (χ1v) is 4.72. The van der Waals surface area contributed by atoms with Gasteiger partial charge < -0.3 is 14.7 Å². The molecule has 2 fully saturated rings. The highest BCUT2D eigenvalue weighted by Crippen LogP contribution is 2.31. The smallest absolute Gasteiger partial charge is 0.225 e. The summed E-state index contributed by atoms with van der Waals surface area (Å²) < 4.78 is 5.10. The predicted molar refractivity (Wildman–Crippen MR) is 46.1 cm³/mol. The van der Waals surface area contributed by atoms with Crippen LogP contribution in [0.4, 0.5) is 0 Å². The molecule has 0 radical (unpaired) electrons. The minimum Gasteiger partial charge on any atom is -0.388 e. The van der Waals surface area contributed by atoms with Crippen molar-refractivity contribution in [2.45, 2.75) is 25.0 Å². The van der Waals surface area contributed by atoms with Crippen molar-refractivity contribution in [2.24, 2.45) is 5.92 Å². The number of hydrogen-bond donors (Lipinski definition) is 1. The third-order valence-corrected chi connectivity index (χ3v) is 2.79. The molecular formula is C9H15NO3. The summed E-state index contributed by atoms with van der Waals surface area (Å²) in [6.45, 7) is 0.822. The second-order valence-corrected chi connectivity index (χ2v) is 3.90. The van der Waals surface area contributed by atoms with Crippen LogP contribution in [0.25, 0.3) is 0 Å². The van der Waals surface area contributed by atoms with Crippen LogP contribution in [0.15, 0.2) is 0 Å². The molecule has 1 aliphatic heterocycles. The maximum absolute atomic E-state index is 11.6. The molecule has 4 nitrogen and oxygen atoms in total. The van der Waals surface area contributed by atoms with E-state index >= 15 is 0 Å². The molecule has 1 heterocycles. The van der Waals surface area contributed by atoms with Crippen LogP contribution in [0.1, 0.15) is 12.8 Å². The molecule has 1 aliphatic carbocycles. The maximum Gasteiger partial charge on any atom is 0.225 e. The van der Waals surface area contributed by atoms with Crippen molar-refractivity contribution in [2.75, 3.05) is 20.3 Å². The van der Waals surface area contributed by atoms with Crippen LogP contribution in [-0.4, -0.2) is 48.3 Å². The van der Waals surface area contributed by atoms with Crippen molar-refractivity contribution in [3.05, 3.63) is 0 Å². The van der Waals surface area contributed by atoms with E-state index in [1.807, 2.05) is 0 Å². The number of rotatable bonds is 2. The van der Waals surface area contributed by atoms with Gasteiger partial charge in [0.05, 0.1) is 25.4 Å². The van der Waals surface area contributed by atoms with Gasteiger partial charge in [0, 0.05) is 13.0 Å².